The number of nitrogens with zero attached hydrogens (tertiary/aromatic N) is 4. The molecule has 0 atom stereocenters. The number of imidazole rings is 1. The molecule has 2 heterocycles. The first-order valence-electron chi connectivity index (χ1n) is 7.04. The second-order valence-electron chi connectivity index (χ2n) is 4.86. The number of rotatable bonds is 6. The number of methoxy groups -OCH3 is 1. The smallest absolute Gasteiger partial charge is 0.320 e. The molecule has 2 aromatic heterocycles. The molecule has 23 heavy (non-hydrogen) atoms. The molecule has 7 nitrogen and oxygen atoms in total. The molecule has 0 saturated carbocycles. The Morgan fingerprint density at radius 2 is 1.91 bits per heavy atom. The molecule has 0 aliphatic heterocycles. The lowest BCUT2D eigenvalue weighted by molar-refractivity contribution is 0.141. The minimum Gasteiger partial charge on any atom is -0.461 e. The summed E-state index contributed by atoms with van der Waals surface area (Å²) in [5, 5.41) is 0. The Bertz CT molecular complexity index is 806. The number of nitrogen functional groups attached to an aromatic ring is 1. The fourth-order valence-corrected chi connectivity index (χ4v) is 2.63. The molecular formula is C15H16BrN5O2. The molecule has 0 bridgehead atoms. The van der Waals surface area contributed by atoms with Gasteiger partial charge in [-0.15, -0.1) is 0 Å². The van der Waals surface area contributed by atoms with Crippen molar-refractivity contribution in [3.63, 3.8) is 0 Å². The van der Waals surface area contributed by atoms with Crippen molar-refractivity contribution in [2.45, 2.75) is 6.54 Å². The monoisotopic (exact) mass is 377 g/mol. The molecule has 120 valence electrons. The van der Waals surface area contributed by atoms with Crippen molar-refractivity contribution in [2.24, 2.45) is 0 Å². The minimum absolute atomic E-state index is 0.216. The maximum atomic E-state index is 5.98. The maximum absolute atomic E-state index is 5.98. The van der Waals surface area contributed by atoms with E-state index in [0.717, 1.165) is 5.56 Å². The maximum Gasteiger partial charge on any atom is 0.320 e. The fourth-order valence-electron chi connectivity index (χ4n) is 2.16. The number of hydrogen-bond acceptors (Lipinski definition) is 6. The summed E-state index contributed by atoms with van der Waals surface area (Å²) in [4.78, 5) is 12.9. The van der Waals surface area contributed by atoms with E-state index in [2.05, 4.69) is 30.9 Å². The fraction of sp³-hybridized carbons (Fsp3) is 0.267. The Balaban J connectivity index is 1.98. The Hall–Kier alpha value is -2.19. The molecule has 0 fully saturated rings. The van der Waals surface area contributed by atoms with Crippen LogP contribution in [0.1, 0.15) is 5.56 Å². The molecule has 0 radical (unpaired) electrons. The topological polar surface area (TPSA) is 88.1 Å². The van der Waals surface area contributed by atoms with Crippen LogP contribution in [-0.4, -0.2) is 39.8 Å². The third-order valence-electron chi connectivity index (χ3n) is 3.26. The zero-order valence-electron chi connectivity index (χ0n) is 12.6. The summed E-state index contributed by atoms with van der Waals surface area (Å²) in [5.41, 5.74) is 8.28. The van der Waals surface area contributed by atoms with E-state index in [9.17, 15) is 0 Å². The van der Waals surface area contributed by atoms with Crippen LogP contribution in [0.2, 0.25) is 0 Å². The number of hydrogen-bond donors (Lipinski definition) is 1. The summed E-state index contributed by atoms with van der Waals surface area (Å²) >= 11 is 3.46. The van der Waals surface area contributed by atoms with E-state index in [1.807, 2.05) is 34.9 Å². The van der Waals surface area contributed by atoms with Gasteiger partial charge in [-0.05, 0) is 21.5 Å². The van der Waals surface area contributed by atoms with Crippen LogP contribution in [0.4, 0.5) is 5.82 Å². The zero-order chi connectivity index (χ0) is 16.2. The number of benzene rings is 1. The largest absolute Gasteiger partial charge is 0.461 e. The van der Waals surface area contributed by atoms with Crippen molar-refractivity contribution in [2.75, 3.05) is 26.1 Å². The third-order valence-corrected chi connectivity index (χ3v) is 3.86. The lowest BCUT2D eigenvalue weighted by Gasteiger charge is -2.07. The van der Waals surface area contributed by atoms with E-state index in [1.165, 1.54) is 0 Å². The highest BCUT2D eigenvalue weighted by atomic mass is 79.9. The molecule has 3 rings (SSSR count). The lowest BCUT2D eigenvalue weighted by atomic mass is 10.2. The molecule has 0 unspecified atom stereocenters. The van der Waals surface area contributed by atoms with E-state index in [1.54, 1.807) is 7.11 Å². The van der Waals surface area contributed by atoms with Crippen LogP contribution in [0.5, 0.6) is 6.01 Å². The third kappa shape index (κ3) is 3.43. The first-order valence-corrected chi connectivity index (χ1v) is 7.83. The standard InChI is InChI=1S/C15H16BrN5O2/c1-22-7-8-23-15-19-12(17)11-13(20-15)21(14(16)18-11)9-10-5-3-2-4-6-10/h2-6H,7-9H2,1H3,(H2,17,19,20). The lowest BCUT2D eigenvalue weighted by Crippen LogP contribution is -2.09. The highest BCUT2D eigenvalue weighted by Gasteiger charge is 2.16. The summed E-state index contributed by atoms with van der Waals surface area (Å²) in [6.45, 7) is 1.43. The summed E-state index contributed by atoms with van der Waals surface area (Å²) in [6, 6.07) is 10.3. The first kappa shape index (κ1) is 15.7. The van der Waals surface area contributed by atoms with Crippen molar-refractivity contribution >= 4 is 32.9 Å². The molecule has 2 N–H and O–H groups in total. The summed E-state index contributed by atoms with van der Waals surface area (Å²) in [5.74, 6) is 0.287. The van der Waals surface area contributed by atoms with Crippen LogP contribution in [0.3, 0.4) is 0 Å². The zero-order valence-corrected chi connectivity index (χ0v) is 14.2. The van der Waals surface area contributed by atoms with Gasteiger partial charge < -0.3 is 15.2 Å². The van der Waals surface area contributed by atoms with Gasteiger partial charge in [-0.3, -0.25) is 4.57 Å². The van der Waals surface area contributed by atoms with E-state index in [4.69, 9.17) is 15.2 Å². The van der Waals surface area contributed by atoms with Gasteiger partial charge in [-0.1, -0.05) is 30.3 Å². The number of anilines is 1. The first-order chi connectivity index (χ1) is 11.2. The number of nitrogens with two attached hydrogens (primary N) is 1. The molecule has 8 heteroatoms. The van der Waals surface area contributed by atoms with E-state index < -0.39 is 0 Å². The van der Waals surface area contributed by atoms with Gasteiger partial charge in [0.25, 0.3) is 0 Å². The predicted molar refractivity (Wildman–Crippen MR) is 90.4 cm³/mol. The highest BCUT2D eigenvalue weighted by molar-refractivity contribution is 9.10. The second kappa shape index (κ2) is 6.93. The van der Waals surface area contributed by atoms with Gasteiger partial charge in [0.15, 0.2) is 21.7 Å². The normalized spacial score (nSPS) is 11.0. The van der Waals surface area contributed by atoms with Crippen LogP contribution in [0.15, 0.2) is 35.1 Å². The van der Waals surface area contributed by atoms with Gasteiger partial charge in [0.2, 0.25) is 0 Å². The van der Waals surface area contributed by atoms with Gasteiger partial charge >= 0.3 is 6.01 Å². The average molecular weight is 378 g/mol. The number of aromatic nitrogens is 4. The van der Waals surface area contributed by atoms with Gasteiger partial charge in [0.05, 0.1) is 13.2 Å². The minimum atomic E-state index is 0.216. The van der Waals surface area contributed by atoms with Crippen molar-refractivity contribution in [1.29, 1.82) is 0 Å². The average Bonchev–Trinajstić information content (AvgIpc) is 2.86. The van der Waals surface area contributed by atoms with Crippen molar-refractivity contribution < 1.29 is 9.47 Å². The van der Waals surface area contributed by atoms with Crippen LogP contribution < -0.4 is 10.5 Å². The summed E-state index contributed by atoms with van der Waals surface area (Å²) in [7, 11) is 1.60. The quantitative estimate of drug-likeness (QED) is 0.523. The predicted octanol–water partition coefficient (Wildman–Crippen LogP) is 2.24. The van der Waals surface area contributed by atoms with Crippen molar-refractivity contribution in [3.05, 3.63) is 40.6 Å². The van der Waals surface area contributed by atoms with Crippen LogP contribution >= 0.6 is 15.9 Å². The van der Waals surface area contributed by atoms with Gasteiger partial charge in [0, 0.05) is 7.11 Å². The number of halogens is 1. The molecule has 3 aromatic rings. The molecule has 0 spiro atoms. The summed E-state index contributed by atoms with van der Waals surface area (Å²) < 4.78 is 13.0. The molecular weight excluding hydrogens is 362 g/mol. The SMILES string of the molecule is COCCOc1nc(N)c2nc(Br)n(Cc3ccccc3)c2n1. The molecule has 0 saturated heterocycles. The molecule has 0 aliphatic rings. The van der Waals surface area contributed by atoms with Gasteiger partial charge in [-0.25, -0.2) is 4.98 Å². The van der Waals surface area contributed by atoms with Gasteiger partial charge in [0.1, 0.15) is 6.61 Å². The Morgan fingerprint density at radius 3 is 2.65 bits per heavy atom. The van der Waals surface area contributed by atoms with Crippen LogP contribution in [0.25, 0.3) is 11.2 Å². The Kier molecular flexibility index (Phi) is 4.73. The Morgan fingerprint density at radius 1 is 1.13 bits per heavy atom. The van der Waals surface area contributed by atoms with Crippen LogP contribution in [0, 0.1) is 0 Å². The second-order valence-corrected chi connectivity index (χ2v) is 5.57. The number of ether oxygens (including phenoxy) is 2. The van der Waals surface area contributed by atoms with E-state index in [0.29, 0.717) is 35.7 Å². The Labute approximate surface area is 141 Å². The summed E-state index contributed by atoms with van der Waals surface area (Å²) in [6.07, 6.45) is 0. The molecule has 0 amide bonds. The van der Waals surface area contributed by atoms with Gasteiger partial charge in [-0.2, -0.15) is 9.97 Å². The van der Waals surface area contributed by atoms with E-state index in [-0.39, 0.29) is 11.8 Å². The number of fused-ring (bicyclic) bond motifs is 1. The van der Waals surface area contributed by atoms with Crippen LogP contribution in [-0.2, 0) is 11.3 Å². The molecule has 0 aliphatic carbocycles. The van der Waals surface area contributed by atoms with E-state index >= 15 is 0 Å². The van der Waals surface area contributed by atoms with Crippen molar-refractivity contribution in [3.8, 4) is 6.01 Å². The van der Waals surface area contributed by atoms with Crippen molar-refractivity contribution in [1.82, 2.24) is 19.5 Å². The highest BCUT2D eigenvalue weighted by Crippen LogP contribution is 2.25. The molecule has 1 aromatic carbocycles.